The highest BCUT2D eigenvalue weighted by atomic mass is 35.5. The normalized spacial score (nSPS) is 18.0. The molecule has 1 aromatic heterocycles. The van der Waals surface area contributed by atoms with Gasteiger partial charge in [-0.25, -0.2) is 18.0 Å². The number of nitrogens with one attached hydrogen (secondary N) is 5. The fourth-order valence-corrected chi connectivity index (χ4v) is 12.1. The third-order valence-corrected chi connectivity index (χ3v) is 15.5. The molecule has 68 heavy (non-hydrogen) atoms. The van der Waals surface area contributed by atoms with Gasteiger partial charge in [0.2, 0.25) is 33.7 Å². The van der Waals surface area contributed by atoms with E-state index in [1.54, 1.807) is 60.7 Å². The number of sulfonamides is 1. The van der Waals surface area contributed by atoms with Crippen molar-refractivity contribution in [3.8, 4) is 16.2 Å². The molecule has 0 aliphatic carbocycles. The molecule has 4 heterocycles. The summed E-state index contributed by atoms with van der Waals surface area (Å²) in [6.45, 7) is 3.46. The Morgan fingerprint density at radius 1 is 0.971 bits per heavy atom. The maximum Gasteiger partial charge on any atom is 0.349 e. The van der Waals surface area contributed by atoms with E-state index in [2.05, 4.69) is 26.6 Å². The summed E-state index contributed by atoms with van der Waals surface area (Å²) in [4.78, 5) is 87.3. The van der Waals surface area contributed by atoms with Gasteiger partial charge in [-0.1, -0.05) is 41.9 Å². The van der Waals surface area contributed by atoms with Gasteiger partial charge in [0.25, 0.3) is 5.91 Å². The Bertz CT molecular complexity index is 2780. The van der Waals surface area contributed by atoms with Gasteiger partial charge in [0.05, 0.1) is 17.2 Å². The minimum atomic E-state index is -3.82. The number of hydrogen-bond donors (Lipinski definition) is 7. The molecule has 0 radical (unpaired) electrons. The van der Waals surface area contributed by atoms with Crippen LogP contribution in [0.3, 0.4) is 0 Å². The molecule has 7 N–H and O–H groups in total. The zero-order valence-electron chi connectivity index (χ0n) is 37.1. The number of amides is 5. The summed E-state index contributed by atoms with van der Waals surface area (Å²) in [5.41, 5.74) is 3.06. The van der Waals surface area contributed by atoms with Crippen molar-refractivity contribution in [3.63, 3.8) is 0 Å². The number of halogens is 1. The van der Waals surface area contributed by atoms with E-state index >= 15 is 0 Å². The van der Waals surface area contributed by atoms with Crippen molar-refractivity contribution in [2.75, 3.05) is 42.2 Å². The van der Waals surface area contributed by atoms with E-state index in [4.69, 9.17) is 21.4 Å². The number of carbonyl (C=O) groups excluding carboxylic acids is 5. The van der Waals surface area contributed by atoms with Gasteiger partial charge in [-0.3, -0.25) is 29.3 Å². The number of benzene rings is 3. The first-order valence-electron chi connectivity index (χ1n) is 21.7. The molecule has 19 nitrogen and oxygen atoms in total. The number of imide groups is 1. The fourth-order valence-electron chi connectivity index (χ4n) is 8.71. The number of nitrogens with zero attached hydrogens (tertiary/aromatic N) is 2. The van der Waals surface area contributed by atoms with Crippen LogP contribution in [0.5, 0.6) is 5.75 Å². The molecule has 3 aromatic carbocycles. The number of aromatic carboxylic acids is 1. The Labute approximate surface area is 400 Å². The summed E-state index contributed by atoms with van der Waals surface area (Å²) < 4.78 is 34.6. The second-order valence-electron chi connectivity index (χ2n) is 17.2. The number of hydrogen-bond acceptors (Lipinski definition) is 13. The van der Waals surface area contributed by atoms with Crippen LogP contribution in [0, 0.1) is 0 Å². The molecule has 5 amide bonds. The summed E-state index contributed by atoms with van der Waals surface area (Å²) in [5.74, 6) is -4.95. The predicted molar refractivity (Wildman–Crippen MR) is 253 cm³/mol. The number of fused-ring (bicyclic) bond motifs is 1. The quantitative estimate of drug-likeness (QED) is 0.0475. The molecule has 22 heteroatoms. The standard InChI is InChI=1S/C46H50ClN7O12S2/c1-46(2)21-30(50-29-10-4-8-27(20-29)41-39(47)40(66-24-38(58)59)42(67-41)45(62)63)16-18-54(46)68(64,65)25-26-7-3-9-28(19-26)51-35(55)13-6-17-48-37(57)22-49-33-12-5-11-31-32(33)23-53(44(31)61)34-14-15-36(56)52-43(34)60/h3-5,7-12,19-20,30,34,49-50H,6,13-18,21-25H2,1-2H3,(H,48,57)(H,51,55)(H,58,59)(H,62,63)(H,52,56,60)/t30-,34?/m0/s1. The highest BCUT2D eigenvalue weighted by Gasteiger charge is 2.42. The van der Waals surface area contributed by atoms with Crippen molar-refractivity contribution in [3.05, 3.63) is 93.3 Å². The maximum absolute atomic E-state index is 13.9. The zero-order valence-corrected chi connectivity index (χ0v) is 39.4. The summed E-state index contributed by atoms with van der Waals surface area (Å²) in [7, 11) is -3.82. The van der Waals surface area contributed by atoms with Gasteiger partial charge < -0.3 is 41.1 Å². The van der Waals surface area contributed by atoms with E-state index in [0.717, 1.165) is 11.3 Å². The number of carboxylic acid groups (broad SMARTS) is 2. The topological polar surface area (TPSA) is 270 Å². The average molecular weight is 993 g/mol. The van der Waals surface area contributed by atoms with E-state index in [0.29, 0.717) is 63.5 Å². The van der Waals surface area contributed by atoms with Crippen LogP contribution >= 0.6 is 22.9 Å². The van der Waals surface area contributed by atoms with Crippen molar-refractivity contribution in [1.82, 2.24) is 19.8 Å². The van der Waals surface area contributed by atoms with Gasteiger partial charge in [-0.2, -0.15) is 4.31 Å². The van der Waals surface area contributed by atoms with E-state index in [9.17, 15) is 47.1 Å². The first kappa shape index (κ1) is 49.4. The third-order valence-electron chi connectivity index (χ3n) is 11.8. The molecule has 7 rings (SSSR count). The molecular weight excluding hydrogens is 942 g/mol. The maximum atomic E-state index is 13.9. The Balaban J connectivity index is 0.857. The smallest absolute Gasteiger partial charge is 0.349 e. The summed E-state index contributed by atoms with van der Waals surface area (Å²) in [6, 6.07) is 18.0. The van der Waals surface area contributed by atoms with Crippen LogP contribution in [0.2, 0.25) is 5.02 Å². The van der Waals surface area contributed by atoms with Gasteiger partial charge in [0.1, 0.15) is 11.1 Å². The number of piperidine rings is 2. The molecule has 3 aliphatic rings. The largest absolute Gasteiger partial charge is 0.479 e. The van der Waals surface area contributed by atoms with E-state index in [1.165, 1.54) is 9.21 Å². The van der Waals surface area contributed by atoms with Crippen LogP contribution in [-0.4, -0.2) is 113 Å². The molecule has 2 fully saturated rings. The van der Waals surface area contributed by atoms with E-state index < -0.39 is 46.1 Å². The Morgan fingerprint density at radius 2 is 1.72 bits per heavy atom. The molecule has 3 aliphatic heterocycles. The minimum Gasteiger partial charge on any atom is -0.479 e. The van der Waals surface area contributed by atoms with Crippen LogP contribution in [0.1, 0.15) is 83.5 Å². The predicted octanol–water partition coefficient (Wildman–Crippen LogP) is 5.12. The van der Waals surface area contributed by atoms with Crippen LogP contribution in [0.15, 0.2) is 66.7 Å². The zero-order chi connectivity index (χ0) is 48.9. The summed E-state index contributed by atoms with van der Waals surface area (Å²) in [6.07, 6.45) is 1.74. The second kappa shape index (κ2) is 20.8. The van der Waals surface area contributed by atoms with Crippen LogP contribution < -0.4 is 31.3 Å². The number of thiophene rings is 1. The lowest BCUT2D eigenvalue weighted by Crippen LogP contribution is -2.55. The summed E-state index contributed by atoms with van der Waals surface area (Å²) >= 11 is 7.37. The second-order valence-corrected chi connectivity index (χ2v) is 20.5. The minimum absolute atomic E-state index is 0.0124. The highest BCUT2D eigenvalue weighted by Crippen LogP contribution is 2.46. The molecule has 360 valence electrons. The van der Waals surface area contributed by atoms with Crippen LogP contribution in [0.4, 0.5) is 17.1 Å². The number of aliphatic carboxylic acids is 1. The van der Waals surface area contributed by atoms with Gasteiger partial charge in [-0.15, -0.1) is 11.3 Å². The van der Waals surface area contributed by atoms with Crippen molar-refractivity contribution < 1.29 is 56.9 Å². The number of ether oxygens (including phenoxy) is 1. The SMILES string of the molecule is CC1(C)C[C@@H](Nc2cccc(-c3sc(C(=O)O)c(OCC(=O)O)c3Cl)c2)CCN1S(=O)(=O)Cc1cccc(NC(=O)CCCNC(=O)CNc2cccc3c2CN(C2CCC(=O)NC2=O)C3=O)c1. The molecule has 4 aromatic rings. The van der Waals surface area contributed by atoms with E-state index in [1.807, 2.05) is 19.9 Å². The number of anilines is 3. The molecule has 2 saturated heterocycles. The van der Waals surface area contributed by atoms with Crippen molar-refractivity contribution in [2.45, 2.75) is 82.3 Å². The van der Waals surface area contributed by atoms with Crippen molar-refractivity contribution in [2.24, 2.45) is 0 Å². The molecule has 1 unspecified atom stereocenters. The summed E-state index contributed by atoms with van der Waals surface area (Å²) in [5, 5.41) is 33.1. The van der Waals surface area contributed by atoms with Gasteiger partial charge in [0.15, 0.2) is 17.2 Å². The first-order valence-corrected chi connectivity index (χ1v) is 24.5. The molecule has 0 bridgehead atoms. The highest BCUT2D eigenvalue weighted by molar-refractivity contribution is 7.88. The van der Waals surface area contributed by atoms with Crippen molar-refractivity contribution in [1.29, 1.82) is 0 Å². The number of carboxylic acids is 2. The molecule has 0 spiro atoms. The molecular formula is C46H50ClN7O12S2. The van der Waals surface area contributed by atoms with Crippen LogP contribution in [-0.2, 0) is 46.3 Å². The van der Waals surface area contributed by atoms with Gasteiger partial charge >= 0.3 is 11.9 Å². The molecule has 0 saturated carbocycles. The third kappa shape index (κ3) is 11.6. The lowest BCUT2D eigenvalue weighted by atomic mass is 9.89. The Morgan fingerprint density at radius 3 is 2.46 bits per heavy atom. The Hall–Kier alpha value is -6.55. The lowest BCUT2D eigenvalue weighted by Gasteiger charge is -2.45. The molecule has 2 atom stereocenters. The first-order chi connectivity index (χ1) is 32.3. The van der Waals surface area contributed by atoms with Gasteiger partial charge in [-0.05, 0) is 87.1 Å². The van der Waals surface area contributed by atoms with Gasteiger partial charge in [0, 0.05) is 72.2 Å². The van der Waals surface area contributed by atoms with E-state index in [-0.39, 0.29) is 96.5 Å². The lowest BCUT2D eigenvalue weighted by molar-refractivity contribution is -0.139. The Kier molecular flexibility index (Phi) is 15.1. The fraction of sp³-hybridized carbons (Fsp3) is 0.370. The number of carbonyl (C=O) groups is 7. The number of rotatable bonds is 19. The average Bonchev–Trinajstić information content (AvgIpc) is 3.79. The van der Waals surface area contributed by atoms with Crippen molar-refractivity contribution >= 4 is 91.5 Å². The van der Waals surface area contributed by atoms with Crippen LogP contribution in [0.25, 0.3) is 10.4 Å². The monoisotopic (exact) mass is 991 g/mol.